The Morgan fingerprint density at radius 2 is 2.38 bits per heavy atom. The number of hydrogen-bond donors (Lipinski definition) is 1. The van der Waals surface area contributed by atoms with Crippen molar-refractivity contribution in [2.75, 3.05) is 0 Å². The van der Waals surface area contributed by atoms with Crippen LogP contribution in [0.2, 0.25) is 0 Å². The zero-order valence-electron chi connectivity index (χ0n) is 9.90. The highest BCUT2D eigenvalue weighted by Gasteiger charge is 2.08. The quantitative estimate of drug-likeness (QED) is 0.857. The summed E-state index contributed by atoms with van der Waals surface area (Å²) in [4.78, 5) is 0. The third-order valence-electron chi connectivity index (χ3n) is 2.66. The van der Waals surface area contributed by atoms with Crippen molar-refractivity contribution in [3.8, 4) is 0 Å². The minimum Gasteiger partial charge on any atom is -0.468 e. The second-order valence-corrected chi connectivity index (χ2v) is 4.02. The zero-order valence-corrected chi connectivity index (χ0v) is 9.90. The van der Waals surface area contributed by atoms with Crippen molar-refractivity contribution >= 4 is 0 Å². The maximum absolute atomic E-state index is 5.33. The number of furan rings is 1. The number of nitrogens with one attached hydrogen (secondary N) is 1. The summed E-state index contributed by atoms with van der Waals surface area (Å²) in [6.07, 6.45) is 1.70. The molecule has 2 aromatic rings. The zero-order chi connectivity index (χ0) is 11.5. The van der Waals surface area contributed by atoms with Crippen molar-refractivity contribution in [3.63, 3.8) is 0 Å². The first-order chi connectivity index (χ1) is 7.66. The van der Waals surface area contributed by atoms with Gasteiger partial charge in [-0.1, -0.05) is 0 Å². The Morgan fingerprint density at radius 1 is 1.56 bits per heavy atom. The highest BCUT2D eigenvalue weighted by molar-refractivity contribution is 5.09. The molecule has 0 fully saturated rings. The largest absolute Gasteiger partial charge is 0.468 e. The molecule has 0 aliphatic carbocycles. The Kier molecular flexibility index (Phi) is 3.10. The molecule has 1 atom stereocenters. The Morgan fingerprint density at radius 3 is 2.94 bits per heavy atom. The van der Waals surface area contributed by atoms with Crippen LogP contribution in [0.25, 0.3) is 0 Å². The predicted molar refractivity (Wildman–Crippen MR) is 61.9 cm³/mol. The monoisotopic (exact) mass is 219 g/mol. The van der Waals surface area contributed by atoms with Gasteiger partial charge in [0, 0.05) is 13.6 Å². The van der Waals surface area contributed by atoms with E-state index in [1.54, 1.807) is 6.26 Å². The summed E-state index contributed by atoms with van der Waals surface area (Å²) in [6, 6.07) is 6.18. The van der Waals surface area contributed by atoms with E-state index in [1.807, 2.05) is 30.8 Å². The topological polar surface area (TPSA) is 43.0 Å². The van der Waals surface area contributed by atoms with Crippen LogP contribution in [0, 0.1) is 6.92 Å². The molecule has 4 heteroatoms. The average Bonchev–Trinajstić information content (AvgIpc) is 2.84. The van der Waals surface area contributed by atoms with Gasteiger partial charge in [-0.15, -0.1) is 0 Å². The van der Waals surface area contributed by atoms with Gasteiger partial charge in [0.25, 0.3) is 0 Å². The molecule has 2 aromatic heterocycles. The van der Waals surface area contributed by atoms with Crippen molar-refractivity contribution in [2.24, 2.45) is 7.05 Å². The fourth-order valence-corrected chi connectivity index (χ4v) is 1.73. The van der Waals surface area contributed by atoms with E-state index >= 15 is 0 Å². The van der Waals surface area contributed by atoms with Crippen LogP contribution in [0.5, 0.6) is 0 Å². The normalized spacial score (nSPS) is 12.9. The molecule has 0 amide bonds. The van der Waals surface area contributed by atoms with Crippen molar-refractivity contribution in [2.45, 2.75) is 26.4 Å². The van der Waals surface area contributed by atoms with Crippen molar-refractivity contribution in [3.05, 3.63) is 41.6 Å². The fraction of sp³-hybridized carbons (Fsp3) is 0.417. The highest BCUT2D eigenvalue weighted by Crippen LogP contribution is 2.13. The van der Waals surface area contributed by atoms with Crippen molar-refractivity contribution < 1.29 is 4.42 Å². The smallest absolute Gasteiger partial charge is 0.120 e. The third-order valence-corrected chi connectivity index (χ3v) is 2.66. The lowest BCUT2D eigenvalue weighted by molar-refractivity contribution is 0.426. The van der Waals surface area contributed by atoms with Crippen LogP contribution >= 0.6 is 0 Å². The molecule has 0 saturated heterocycles. The number of rotatable bonds is 4. The molecule has 4 nitrogen and oxygen atoms in total. The maximum atomic E-state index is 5.33. The lowest BCUT2D eigenvalue weighted by atomic mass is 10.2. The van der Waals surface area contributed by atoms with Gasteiger partial charge in [-0.2, -0.15) is 5.10 Å². The predicted octanol–water partition coefficient (Wildman–Crippen LogP) is 2.17. The van der Waals surface area contributed by atoms with E-state index in [2.05, 4.69) is 23.4 Å². The Bertz CT molecular complexity index is 445. The Labute approximate surface area is 95.3 Å². The molecule has 1 N–H and O–H groups in total. The van der Waals surface area contributed by atoms with Crippen molar-refractivity contribution in [1.29, 1.82) is 0 Å². The first-order valence-electron chi connectivity index (χ1n) is 5.43. The van der Waals surface area contributed by atoms with E-state index in [0.717, 1.165) is 18.0 Å². The lowest BCUT2D eigenvalue weighted by Crippen LogP contribution is -2.19. The van der Waals surface area contributed by atoms with Crippen LogP contribution in [0.4, 0.5) is 0 Å². The lowest BCUT2D eigenvalue weighted by Gasteiger charge is -2.10. The summed E-state index contributed by atoms with van der Waals surface area (Å²) in [5.41, 5.74) is 2.22. The van der Waals surface area contributed by atoms with Gasteiger partial charge in [0.2, 0.25) is 0 Å². The fourth-order valence-electron chi connectivity index (χ4n) is 1.73. The van der Waals surface area contributed by atoms with Gasteiger partial charge in [0.05, 0.1) is 23.7 Å². The summed E-state index contributed by atoms with van der Waals surface area (Å²) in [5, 5.41) is 7.71. The molecule has 0 unspecified atom stereocenters. The number of aryl methyl sites for hydroxylation is 2. The SMILES string of the molecule is Cc1cc(CN[C@H](C)c2ccco2)n(C)n1. The molecule has 0 aliphatic heterocycles. The van der Waals surface area contributed by atoms with Gasteiger partial charge in [-0.05, 0) is 32.0 Å². The first-order valence-corrected chi connectivity index (χ1v) is 5.43. The minimum atomic E-state index is 0.213. The van der Waals surface area contributed by atoms with Crippen LogP contribution in [0.1, 0.15) is 30.1 Å². The molecule has 16 heavy (non-hydrogen) atoms. The number of aromatic nitrogens is 2. The number of hydrogen-bond acceptors (Lipinski definition) is 3. The van der Waals surface area contributed by atoms with Gasteiger partial charge in [0.15, 0.2) is 0 Å². The van der Waals surface area contributed by atoms with E-state index in [9.17, 15) is 0 Å². The van der Waals surface area contributed by atoms with E-state index < -0.39 is 0 Å². The molecule has 0 bridgehead atoms. The Hall–Kier alpha value is -1.55. The van der Waals surface area contributed by atoms with Crippen molar-refractivity contribution in [1.82, 2.24) is 15.1 Å². The standard InChI is InChI=1S/C12H17N3O/c1-9-7-11(15(3)14-9)8-13-10(2)12-5-4-6-16-12/h4-7,10,13H,8H2,1-3H3/t10-/m1/s1. The summed E-state index contributed by atoms with van der Waals surface area (Å²) in [5.74, 6) is 0.957. The number of nitrogens with zero attached hydrogens (tertiary/aromatic N) is 2. The second kappa shape index (κ2) is 4.53. The van der Waals surface area contributed by atoms with Gasteiger partial charge in [-0.25, -0.2) is 0 Å². The van der Waals surface area contributed by atoms with Crippen LogP contribution in [-0.4, -0.2) is 9.78 Å². The van der Waals surface area contributed by atoms with Gasteiger partial charge in [-0.3, -0.25) is 4.68 Å². The van der Waals surface area contributed by atoms with Gasteiger partial charge < -0.3 is 9.73 Å². The van der Waals surface area contributed by atoms with Gasteiger partial charge in [0.1, 0.15) is 5.76 Å². The average molecular weight is 219 g/mol. The molecule has 2 heterocycles. The molecular weight excluding hydrogens is 202 g/mol. The van der Waals surface area contributed by atoms with Crippen LogP contribution in [-0.2, 0) is 13.6 Å². The summed E-state index contributed by atoms with van der Waals surface area (Å²) >= 11 is 0. The Balaban J connectivity index is 1.95. The molecule has 0 radical (unpaired) electrons. The first kappa shape index (κ1) is 11.0. The molecule has 86 valence electrons. The van der Waals surface area contributed by atoms with Crippen LogP contribution in [0.15, 0.2) is 28.9 Å². The highest BCUT2D eigenvalue weighted by atomic mass is 16.3. The molecular formula is C12H17N3O. The summed E-state index contributed by atoms with van der Waals surface area (Å²) < 4.78 is 7.23. The van der Waals surface area contributed by atoms with E-state index in [4.69, 9.17) is 4.42 Å². The summed E-state index contributed by atoms with van der Waals surface area (Å²) in [7, 11) is 1.96. The molecule has 0 aromatic carbocycles. The molecule has 0 aliphatic rings. The van der Waals surface area contributed by atoms with Crippen LogP contribution in [0.3, 0.4) is 0 Å². The van der Waals surface area contributed by atoms with E-state index in [0.29, 0.717) is 0 Å². The minimum absolute atomic E-state index is 0.213. The third kappa shape index (κ3) is 2.33. The van der Waals surface area contributed by atoms with Gasteiger partial charge >= 0.3 is 0 Å². The summed E-state index contributed by atoms with van der Waals surface area (Å²) in [6.45, 7) is 4.88. The maximum Gasteiger partial charge on any atom is 0.120 e. The molecule has 0 saturated carbocycles. The van der Waals surface area contributed by atoms with Crippen LogP contribution < -0.4 is 5.32 Å². The second-order valence-electron chi connectivity index (χ2n) is 4.02. The van der Waals surface area contributed by atoms with E-state index in [-0.39, 0.29) is 6.04 Å². The van der Waals surface area contributed by atoms with E-state index in [1.165, 1.54) is 5.69 Å². The molecule has 0 spiro atoms. The molecule has 2 rings (SSSR count).